The van der Waals surface area contributed by atoms with Crippen LogP contribution in [0, 0.1) is 0 Å². The van der Waals surface area contributed by atoms with Crippen molar-refractivity contribution >= 4 is 5.82 Å². The van der Waals surface area contributed by atoms with Gasteiger partial charge in [-0.2, -0.15) is 4.98 Å². The highest BCUT2D eigenvalue weighted by Crippen LogP contribution is 2.39. The van der Waals surface area contributed by atoms with Gasteiger partial charge in [0, 0.05) is 25.6 Å². The lowest BCUT2D eigenvalue weighted by atomic mass is 10.3. The maximum absolute atomic E-state index is 5.60. The molecular formula is C14H23N3O2. The van der Waals surface area contributed by atoms with Gasteiger partial charge in [-0.3, -0.25) is 0 Å². The molecule has 1 aromatic heterocycles. The highest BCUT2D eigenvalue weighted by molar-refractivity contribution is 5.39. The van der Waals surface area contributed by atoms with Crippen molar-refractivity contribution in [3.05, 3.63) is 11.9 Å². The van der Waals surface area contributed by atoms with Crippen molar-refractivity contribution in [1.29, 1.82) is 0 Å². The van der Waals surface area contributed by atoms with Crippen molar-refractivity contribution in [2.75, 3.05) is 32.2 Å². The number of rotatable bonds is 9. The van der Waals surface area contributed by atoms with Gasteiger partial charge in [-0.15, -0.1) is 0 Å². The van der Waals surface area contributed by atoms with Crippen molar-refractivity contribution in [3.8, 4) is 5.88 Å². The van der Waals surface area contributed by atoms with E-state index in [-0.39, 0.29) is 0 Å². The third kappa shape index (κ3) is 4.67. The first-order valence-electron chi connectivity index (χ1n) is 7.08. The van der Waals surface area contributed by atoms with Crippen LogP contribution >= 0.6 is 0 Å². The topological polar surface area (TPSA) is 56.3 Å². The van der Waals surface area contributed by atoms with Gasteiger partial charge in [0.05, 0.1) is 6.61 Å². The molecular weight excluding hydrogens is 242 g/mol. The minimum Gasteiger partial charge on any atom is -0.475 e. The summed E-state index contributed by atoms with van der Waals surface area (Å²) in [5.41, 5.74) is 0. The van der Waals surface area contributed by atoms with E-state index in [2.05, 4.69) is 22.2 Å². The normalized spacial score (nSPS) is 14.4. The Labute approximate surface area is 114 Å². The fraction of sp³-hybridized carbons (Fsp3) is 0.714. The highest BCUT2D eigenvalue weighted by Gasteiger charge is 2.27. The molecule has 1 aliphatic rings. The average Bonchev–Trinajstić information content (AvgIpc) is 3.24. The maximum atomic E-state index is 5.60. The molecule has 2 rings (SSSR count). The van der Waals surface area contributed by atoms with E-state index in [1.165, 1.54) is 19.3 Å². The first-order valence-corrected chi connectivity index (χ1v) is 7.08. The van der Waals surface area contributed by atoms with Crippen molar-refractivity contribution < 1.29 is 9.47 Å². The molecule has 0 unspecified atom stereocenters. The Morgan fingerprint density at radius 3 is 2.84 bits per heavy atom. The predicted molar refractivity (Wildman–Crippen MR) is 74.8 cm³/mol. The molecule has 1 aliphatic carbocycles. The lowest BCUT2D eigenvalue weighted by molar-refractivity contribution is 0.143. The molecule has 0 spiro atoms. The molecule has 0 amide bonds. The number of anilines is 1. The molecule has 106 valence electrons. The third-order valence-electron chi connectivity index (χ3n) is 3.04. The Kier molecular flexibility index (Phi) is 5.39. The summed E-state index contributed by atoms with van der Waals surface area (Å²) >= 11 is 0. The summed E-state index contributed by atoms with van der Waals surface area (Å²) in [5, 5.41) is 3.34. The van der Waals surface area contributed by atoms with E-state index in [1.807, 2.05) is 6.07 Å². The van der Waals surface area contributed by atoms with Crippen LogP contribution in [0.2, 0.25) is 0 Å². The minimum absolute atomic E-state index is 0.520. The van der Waals surface area contributed by atoms with Crippen LogP contribution in [0.25, 0.3) is 0 Å². The number of aromatic nitrogens is 2. The first kappa shape index (κ1) is 14.1. The van der Waals surface area contributed by atoms with E-state index >= 15 is 0 Å². The smallest absolute Gasteiger partial charge is 0.218 e. The Morgan fingerprint density at radius 1 is 1.32 bits per heavy atom. The quantitative estimate of drug-likeness (QED) is 0.695. The lowest BCUT2D eigenvalue weighted by Crippen LogP contribution is -2.09. The van der Waals surface area contributed by atoms with E-state index in [4.69, 9.17) is 9.47 Å². The summed E-state index contributed by atoms with van der Waals surface area (Å²) < 4.78 is 10.6. The van der Waals surface area contributed by atoms with Crippen LogP contribution in [-0.4, -0.2) is 36.8 Å². The lowest BCUT2D eigenvalue weighted by Gasteiger charge is -2.10. The van der Waals surface area contributed by atoms with Gasteiger partial charge in [0.1, 0.15) is 18.2 Å². The van der Waals surface area contributed by atoms with Gasteiger partial charge in [0.25, 0.3) is 0 Å². The second-order valence-corrected chi connectivity index (χ2v) is 4.85. The second kappa shape index (κ2) is 7.28. The molecule has 19 heavy (non-hydrogen) atoms. The molecule has 0 atom stereocenters. The SMILES string of the molecule is CCCCNc1cc(OCCOC)nc(C2CC2)n1. The van der Waals surface area contributed by atoms with Crippen molar-refractivity contribution in [2.24, 2.45) is 0 Å². The molecule has 1 heterocycles. The number of nitrogens with one attached hydrogen (secondary N) is 1. The summed E-state index contributed by atoms with van der Waals surface area (Å²) in [4.78, 5) is 9.03. The van der Waals surface area contributed by atoms with Crippen LogP contribution in [0.15, 0.2) is 6.07 Å². The molecule has 1 N–H and O–H groups in total. The Hall–Kier alpha value is -1.36. The fourth-order valence-electron chi connectivity index (χ4n) is 1.75. The van der Waals surface area contributed by atoms with Crippen LogP contribution in [-0.2, 0) is 4.74 Å². The molecule has 1 fully saturated rings. The molecule has 0 aliphatic heterocycles. The molecule has 0 aromatic carbocycles. The summed E-state index contributed by atoms with van der Waals surface area (Å²) in [5.74, 6) is 2.96. The van der Waals surface area contributed by atoms with Gasteiger partial charge in [0.15, 0.2) is 0 Å². The fourth-order valence-corrected chi connectivity index (χ4v) is 1.75. The van der Waals surface area contributed by atoms with Gasteiger partial charge in [0.2, 0.25) is 5.88 Å². The number of hydrogen-bond donors (Lipinski definition) is 1. The Morgan fingerprint density at radius 2 is 2.16 bits per heavy atom. The summed E-state index contributed by atoms with van der Waals surface area (Å²) in [6.45, 7) is 4.21. The van der Waals surface area contributed by atoms with Crippen molar-refractivity contribution in [1.82, 2.24) is 9.97 Å². The number of unbranched alkanes of at least 4 members (excludes halogenated alkanes) is 1. The zero-order chi connectivity index (χ0) is 13.5. The van der Waals surface area contributed by atoms with Gasteiger partial charge in [-0.25, -0.2) is 4.98 Å². The number of methoxy groups -OCH3 is 1. The molecule has 5 heteroatoms. The largest absolute Gasteiger partial charge is 0.475 e. The molecule has 0 bridgehead atoms. The third-order valence-corrected chi connectivity index (χ3v) is 3.04. The highest BCUT2D eigenvalue weighted by atomic mass is 16.5. The van der Waals surface area contributed by atoms with Crippen LogP contribution in [0.5, 0.6) is 5.88 Å². The summed E-state index contributed by atoms with van der Waals surface area (Å²) in [6.07, 6.45) is 4.69. The first-order chi connectivity index (χ1) is 9.33. The van der Waals surface area contributed by atoms with Crippen molar-refractivity contribution in [3.63, 3.8) is 0 Å². The summed E-state index contributed by atoms with van der Waals surface area (Å²) in [7, 11) is 1.66. The zero-order valence-electron chi connectivity index (χ0n) is 11.8. The molecule has 5 nitrogen and oxygen atoms in total. The van der Waals surface area contributed by atoms with Gasteiger partial charge < -0.3 is 14.8 Å². The van der Waals surface area contributed by atoms with Gasteiger partial charge >= 0.3 is 0 Å². The molecule has 1 saturated carbocycles. The zero-order valence-corrected chi connectivity index (χ0v) is 11.8. The standard InChI is InChI=1S/C14H23N3O2/c1-3-4-7-15-12-10-13(19-9-8-18-2)17-14(16-12)11-5-6-11/h10-11H,3-9H2,1-2H3,(H,15,16,17). The van der Waals surface area contributed by atoms with E-state index in [0.29, 0.717) is 25.0 Å². The van der Waals surface area contributed by atoms with E-state index in [9.17, 15) is 0 Å². The van der Waals surface area contributed by atoms with E-state index in [0.717, 1.165) is 24.6 Å². The Bertz CT molecular complexity index is 366. The Balaban J connectivity index is 1.99. The number of hydrogen-bond acceptors (Lipinski definition) is 5. The predicted octanol–water partition coefficient (Wildman–Crippen LogP) is 2.59. The summed E-state index contributed by atoms with van der Waals surface area (Å²) in [6, 6.07) is 1.87. The van der Waals surface area contributed by atoms with Crippen LogP contribution in [0.4, 0.5) is 5.82 Å². The van der Waals surface area contributed by atoms with Crippen LogP contribution < -0.4 is 10.1 Å². The van der Waals surface area contributed by atoms with E-state index in [1.54, 1.807) is 7.11 Å². The number of ether oxygens (including phenoxy) is 2. The minimum atomic E-state index is 0.520. The molecule has 1 aromatic rings. The van der Waals surface area contributed by atoms with Crippen LogP contribution in [0.1, 0.15) is 44.3 Å². The van der Waals surface area contributed by atoms with Crippen LogP contribution in [0.3, 0.4) is 0 Å². The van der Waals surface area contributed by atoms with Gasteiger partial charge in [-0.1, -0.05) is 13.3 Å². The molecule has 0 radical (unpaired) electrons. The maximum Gasteiger partial charge on any atom is 0.218 e. The van der Waals surface area contributed by atoms with Crippen molar-refractivity contribution in [2.45, 2.75) is 38.5 Å². The number of nitrogens with zero attached hydrogens (tertiary/aromatic N) is 2. The second-order valence-electron chi connectivity index (χ2n) is 4.85. The molecule has 0 saturated heterocycles. The monoisotopic (exact) mass is 265 g/mol. The van der Waals surface area contributed by atoms with Gasteiger partial charge in [-0.05, 0) is 19.3 Å². The average molecular weight is 265 g/mol. The van der Waals surface area contributed by atoms with E-state index < -0.39 is 0 Å².